The molecule has 0 saturated carbocycles. The minimum absolute atomic E-state index is 0.305. The Balaban J connectivity index is 2.04. The molecule has 0 aliphatic rings. The van der Waals surface area contributed by atoms with E-state index in [1.807, 2.05) is 6.92 Å². The van der Waals surface area contributed by atoms with E-state index in [1.165, 1.54) is 26.2 Å². The molecule has 29 heavy (non-hydrogen) atoms. The quantitative estimate of drug-likeness (QED) is 0.337. The van der Waals surface area contributed by atoms with Gasteiger partial charge >= 0.3 is 5.97 Å². The van der Waals surface area contributed by atoms with Gasteiger partial charge in [0, 0.05) is 11.6 Å². The minimum atomic E-state index is -0.931. The average Bonchev–Trinajstić information content (AvgIpc) is 2.73. The van der Waals surface area contributed by atoms with Crippen LogP contribution in [0.4, 0.5) is 0 Å². The lowest BCUT2D eigenvalue weighted by Crippen LogP contribution is -2.23. The van der Waals surface area contributed by atoms with Crippen LogP contribution in [0.25, 0.3) is 6.08 Å². The van der Waals surface area contributed by atoms with Crippen molar-refractivity contribution >= 4 is 29.4 Å². The zero-order valence-corrected chi connectivity index (χ0v) is 17.5. The molecular formula is C22H23ClO6. The van der Waals surface area contributed by atoms with Gasteiger partial charge in [0.1, 0.15) is 5.75 Å². The monoisotopic (exact) mass is 418 g/mol. The molecule has 154 valence electrons. The van der Waals surface area contributed by atoms with Gasteiger partial charge < -0.3 is 18.9 Å². The summed E-state index contributed by atoms with van der Waals surface area (Å²) in [6.45, 7) is 3.81. The molecule has 2 aromatic carbocycles. The molecule has 0 unspecified atom stereocenters. The van der Waals surface area contributed by atoms with E-state index in [0.717, 1.165) is 0 Å². The van der Waals surface area contributed by atoms with Crippen LogP contribution in [0.15, 0.2) is 42.5 Å². The van der Waals surface area contributed by atoms with Crippen molar-refractivity contribution in [2.24, 2.45) is 0 Å². The molecule has 0 fully saturated rings. The maximum atomic E-state index is 12.4. The molecule has 0 bridgehead atoms. The maximum absolute atomic E-state index is 12.4. The van der Waals surface area contributed by atoms with Crippen molar-refractivity contribution in [3.05, 3.63) is 58.6 Å². The molecule has 2 rings (SSSR count). The lowest BCUT2D eigenvalue weighted by molar-refractivity contribution is -0.140. The molecule has 2 aromatic rings. The van der Waals surface area contributed by atoms with Crippen molar-refractivity contribution < 1.29 is 28.5 Å². The Bertz CT molecular complexity index is 889. The molecule has 6 nitrogen and oxygen atoms in total. The maximum Gasteiger partial charge on any atom is 0.331 e. The van der Waals surface area contributed by atoms with Crippen LogP contribution in [0.3, 0.4) is 0 Å². The van der Waals surface area contributed by atoms with Crippen molar-refractivity contribution in [3.8, 4) is 17.2 Å². The number of benzene rings is 2. The topological polar surface area (TPSA) is 71.1 Å². The highest BCUT2D eigenvalue weighted by atomic mass is 35.5. The van der Waals surface area contributed by atoms with Crippen LogP contribution in [-0.2, 0) is 9.53 Å². The van der Waals surface area contributed by atoms with E-state index in [2.05, 4.69) is 0 Å². The lowest BCUT2D eigenvalue weighted by Gasteiger charge is -2.12. The van der Waals surface area contributed by atoms with Gasteiger partial charge in [0.25, 0.3) is 0 Å². The highest BCUT2D eigenvalue weighted by molar-refractivity contribution is 6.32. The van der Waals surface area contributed by atoms with Crippen LogP contribution >= 0.6 is 11.6 Å². The number of methoxy groups -OCH3 is 2. The van der Waals surface area contributed by atoms with Crippen molar-refractivity contribution in [3.63, 3.8) is 0 Å². The third-order valence-electron chi connectivity index (χ3n) is 3.99. The van der Waals surface area contributed by atoms with E-state index in [-0.39, 0.29) is 5.78 Å². The van der Waals surface area contributed by atoms with E-state index in [9.17, 15) is 9.59 Å². The fourth-order valence-corrected chi connectivity index (χ4v) is 2.82. The standard InChI is InChI=1S/C22H23ClO6/c1-5-28-22-18(23)12-15(13-19(22)27-4)6-11-20(24)29-14(2)21(25)16-7-9-17(26-3)10-8-16/h6-14H,5H2,1-4H3/b11-6+/t14-/m1/s1. The summed E-state index contributed by atoms with van der Waals surface area (Å²) in [5, 5.41) is 0.363. The van der Waals surface area contributed by atoms with E-state index < -0.39 is 12.1 Å². The molecule has 0 amide bonds. The molecule has 0 heterocycles. The first-order valence-corrected chi connectivity index (χ1v) is 9.34. The van der Waals surface area contributed by atoms with Crippen molar-refractivity contribution in [1.29, 1.82) is 0 Å². The molecule has 1 atom stereocenters. The third-order valence-corrected chi connectivity index (χ3v) is 4.27. The summed E-state index contributed by atoms with van der Waals surface area (Å²) < 4.78 is 21.0. The van der Waals surface area contributed by atoms with Gasteiger partial charge in [-0.25, -0.2) is 4.79 Å². The third kappa shape index (κ3) is 5.99. The molecule has 0 spiro atoms. The van der Waals surface area contributed by atoms with Crippen LogP contribution in [0.1, 0.15) is 29.8 Å². The number of Topliss-reactive ketones (excluding diaryl/α,β-unsaturated/α-hetero) is 1. The summed E-state index contributed by atoms with van der Waals surface area (Å²) in [6.07, 6.45) is 1.82. The van der Waals surface area contributed by atoms with E-state index in [4.69, 9.17) is 30.5 Å². The number of hydrogen-bond acceptors (Lipinski definition) is 6. The summed E-state index contributed by atoms with van der Waals surface area (Å²) >= 11 is 6.21. The summed E-state index contributed by atoms with van der Waals surface area (Å²) in [5.41, 5.74) is 1.06. The molecule has 0 aliphatic carbocycles. The Labute approximate surface area is 175 Å². The number of carbonyl (C=O) groups excluding carboxylic acids is 2. The van der Waals surface area contributed by atoms with Crippen LogP contribution in [0.2, 0.25) is 5.02 Å². The summed E-state index contributed by atoms with van der Waals surface area (Å²) in [4.78, 5) is 24.5. The predicted molar refractivity (Wildman–Crippen MR) is 111 cm³/mol. The van der Waals surface area contributed by atoms with E-state index in [1.54, 1.807) is 43.5 Å². The van der Waals surface area contributed by atoms with Gasteiger partial charge in [-0.3, -0.25) is 4.79 Å². The summed E-state index contributed by atoms with van der Waals surface area (Å²) in [7, 11) is 3.04. The number of ketones is 1. The van der Waals surface area contributed by atoms with E-state index in [0.29, 0.717) is 40.0 Å². The van der Waals surface area contributed by atoms with Gasteiger partial charge in [0.2, 0.25) is 5.78 Å². The Morgan fingerprint density at radius 2 is 1.79 bits per heavy atom. The first-order chi connectivity index (χ1) is 13.9. The van der Waals surface area contributed by atoms with Crippen LogP contribution in [0, 0.1) is 0 Å². The Kier molecular flexibility index (Phi) is 8.09. The molecular weight excluding hydrogens is 396 g/mol. The fraction of sp³-hybridized carbons (Fsp3) is 0.273. The Morgan fingerprint density at radius 1 is 1.10 bits per heavy atom. The second-order valence-corrected chi connectivity index (χ2v) is 6.38. The van der Waals surface area contributed by atoms with Crippen molar-refractivity contribution in [2.75, 3.05) is 20.8 Å². The average molecular weight is 419 g/mol. The molecule has 0 saturated heterocycles. The van der Waals surface area contributed by atoms with Gasteiger partial charge in [-0.15, -0.1) is 0 Å². The van der Waals surface area contributed by atoms with Gasteiger partial charge in [0.05, 0.1) is 25.8 Å². The first kappa shape index (κ1) is 22.3. The second kappa shape index (κ2) is 10.5. The highest BCUT2D eigenvalue weighted by Gasteiger charge is 2.18. The van der Waals surface area contributed by atoms with Crippen LogP contribution < -0.4 is 14.2 Å². The first-order valence-electron chi connectivity index (χ1n) is 8.96. The number of carbonyl (C=O) groups is 2. The number of esters is 1. The fourth-order valence-electron chi connectivity index (χ4n) is 2.54. The van der Waals surface area contributed by atoms with E-state index >= 15 is 0 Å². The Hall–Kier alpha value is -2.99. The molecule has 0 aliphatic heterocycles. The molecule has 0 aromatic heterocycles. The summed E-state index contributed by atoms with van der Waals surface area (Å²) in [5.74, 6) is 0.576. The second-order valence-electron chi connectivity index (χ2n) is 5.97. The van der Waals surface area contributed by atoms with Crippen molar-refractivity contribution in [1.82, 2.24) is 0 Å². The number of rotatable bonds is 9. The van der Waals surface area contributed by atoms with Gasteiger partial charge in [-0.2, -0.15) is 0 Å². The van der Waals surface area contributed by atoms with Crippen molar-refractivity contribution in [2.45, 2.75) is 20.0 Å². The molecule has 0 N–H and O–H groups in total. The zero-order valence-electron chi connectivity index (χ0n) is 16.7. The minimum Gasteiger partial charge on any atom is -0.497 e. The highest BCUT2D eigenvalue weighted by Crippen LogP contribution is 2.36. The number of halogens is 1. The number of ether oxygens (including phenoxy) is 4. The van der Waals surface area contributed by atoms with Crippen LogP contribution in [-0.4, -0.2) is 38.7 Å². The van der Waals surface area contributed by atoms with Crippen LogP contribution in [0.5, 0.6) is 17.2 Å². The number of hydrogen-bond donors (Lipinski definition) is 0. The predicted octanol–water partition coefficient (Wildman–Crippen LogP) is 4.58. The summed E-state index contributed by atoms with van der Waals surface area (Å²) in [6, 6.07) is 9.91. The Morgan fingerprint density at radius 3 is 2.38 bits per heavy atom. The smallest absolute Gasteiger partial charge is 0.331 e. The molecule has 0 radical (unpaired) electrons. The lowest BCUT2D eigenvalue weighted by atomic mass is 10.1. The molecule has 7 heteroatoms. The van der Waals surface area contributed by atoms with Gasteiger partial charge in [0.15, 0.2) is 17.6 Å². The normalized spacial score (nSPS) is 11.8. The van der Waals surface area contributed by atoms with Gasteiger partial charge in [-0.1, -0.05) is 11.6 Å². The SMILES string of the molecule is CCOc1c(Cl)cc(/C=C/C(=O)O[C@H](C)C(=O)c2ccc(OC)cc2)cc1OC. The van der Waals surface area contributed by atoms with Gasteiger partial charge in [-0.05, 0) is 61.9 Å². The largest absolute Gasteiger partial charge is 0.497 e. The zero-order chi connectivity index (χ0) is 21.4.